The molecular formula is C27H32N2O4S. The molecule has 1 atom stereocenters. The van der Waals surface area contributed by atoms with E-state index in [0.29, 0.717) is 5.69 Å². The number of hydrogen-bond acceptors (Lipinski definition) is 4. The molecule has 0 heterocycles. The lowest BCUT2D eigenvalue weighted by Crippen LogP contribution is -2.45. The van der Waals surface area contributed by atoms with Crippen molar-refractivity contribution in [3.63, 3.8) is 0 Å². The van der Waals surface area contributed by atoms with E-state index in [0.717, 1.165) is 23.1 Å². The summed E-state index contributed by atoms with van der Waals surface area (Å²) in [6.45, 7) is 6.03. The third-order valence-corrected chi connectivity index (χ3v) is 7.16. The Morgan fingerprint density at radius 2 is 1.62 bits per heavy atom. The molecule has 3 rings (SSSR count). The first-order valence-corrected chi connectivity index (χ1v) is 12.9. The topological polar surface area (TPSA) is 84.5 Å². The van der Waals surface area contributed by atoms with Crippen molar-refractivity contribution in [2.75, 3.05) is 12.4 Å². The maximum absolute atomic E-state index is 13.5. The summed E-state index contributed by atoms with van der Waals surface area (Å²) in [6, 6.07) is 20.9. The molecule has 0 spiro atoms. The first-order chi connectivity index (χ1) is 16.2. The van der Waals surface area contributed by atoms with Gasteiger partial charge in [0.05, 0.1) is 7.11 Å². The van der Waals surface area contributed by atoms with Crippen LogP contribution in [0.15, 0.2) is 77.7 Å². The van der Waals surface area contributed by atoms with Gasteiger partial charge in [-0.3, -0.25) is 4.79 Å². The minimum Gasteiger partial charge on any atom is -0.495 e. The largest absolute Gasteiger partial charge is 0.495 e. The molecule has 3 aromatic carbocycles. The van der Waals surface area contributed by atoms with Crippen molar-refractivity contribution in [1.29, 1.82) is 0 Å². The lowest BCUT2D eigenvalue weighted by Gasteiger charge is -2.20. The second-order valence-electron chi connectivity index (χ2n) is 8.47. The molecule has 0 aliphatic heterocycles. The van der Waals surface area contributed by atoms with Gasteiger partial charge in [0.25, 0.3) is 0 Å². The summed E-state index contributed by atoms with van der Waals surface area (Å²) in [5.41, 5.74) is 3.46. The molecule has 1 unspecified atom stereocenters. The first kappa shape index (κ1) is 25.5. The van der Waals surface area contributed by atoms with Crippen molar-refractivity contribution in [3.8, 4) is 5.75 Å². The third kappa shape index (κ3) is 6.46. The zero-order chi connectivity index (χ0) is 24.7. The number of hydrogen-bond donors (Lipinski definition) is 2. The molecule has 34 heavy (non-hydrogen) atoms. The van der Waals surface area contributed by atoms with Crippen LogP contribution in [-0.4, -0.2) is 27.5 Å². The molecule has 180 valence electrons. The number of aryl methyl sites for hydroxylation is 1. The molecule has 7 heteroatoms. The molecule has 0 saturated carbocycles. The van der Waals surface area contributed by atoms with Crippen molar-refractivity contribution in [1.82, 2.24) is 4.72 Å². The molecule has 0 fully saturated rings. The molecule has 3 aromatic rings. The molecule has 6 nitrogen and oxygen atoms in total. The highest BCUT2D eigenvalue weighted by Crippen LogP contribution is 2.28. The van der Waals surface area contributed by atoms with Gasteiger partial charge in [-0.2, -0.15) is 4.72 Å². The standard InChI is InChI=1S/C27H32N2O4S/c1-5-20-11-14-23(15-12-20)28-27(30)24(17-21-9-7-6-8-10-21)29-34(31,32)26-18-22(19(2)3)13-16-25(26)33-4/h6-16,18-19,24,29H,5,17H2,1-4H3,(H,28,30). The van der Waals surface area contributed by atoms with Crippen LogP contribution < -0.4 is 14.8 Å². The van der Waals surface area contributed by atoms with Gasteiger partial charge in [0, 0.05) is 5.69 Å². The van der Waals surface area contributed by atoms with Gasteiger partial charge < -0.3 is 10.1 Å². The number of carbonyl (C=O) groups is 1. The van der Waals surface area contributed by atoms with Crippen LogP contribution >= 0.6 is 0 Å². The summed E-state index contributed by atoms with van der Waals surface area (Å²) in [5, 5.41) is 2.85. The number of carbonyl (C=O) groups excluding carboxylic acids is 1. The van der Waals surface area contributed by atoms with E-state index in [2.05, 4.69) is 17.0 Å². The highest BCUT2D eigenvalue weighted by molar-refractivity contribution is 7.89. The number of sulfonamides is 1. The summed E-state index contributed by atoms with van der Waals surface area (Å²) < 4.78 is 34.9. The van der Waals surface area contributed by atoms with Crippen LogP contribution in [-0.2, 0) is 27.7 Å². The quantitative estimate of drug-likeness (QED) is 0.432. The summed E-state index contributed by atoms with van der Waals surface area (Å²) >= 11 is 0. The SMILES string of the molecule is CCc1ccc(NC(=O)C(Cc2ccccc2)NS(=O)(=O)c2cc(C(C)C)ccc2OC)cc1. The lowest BCUT2D eigenvalue weighted by molar-refractivity contribution is -0.117. The molecule has 0 saturated heterocycles. The maximum atomic E-state index is 13.5. The number of methoxy groups -OCH3 is 1. The minimum absolute atomic E-state index is 0.0133. The third-order valence-electron chi connectivity index (χ3n) is 5.67. The minimum atomic E-state index is -4.06. The van der Waals surface area contributed by atoms with E-state index in [9.17, 15) is 13.2 Å². The van der Waals surface area contributed by atoms with Crippen molar-refractivity contribution in [2.24, 2.45) is 0 Å². The van der Waals surface area contributed by atoms with Gasteiger partial charge in [-0.1, -0.05) is 69.3 Å². The van der Waals surface area contributed by atoms with E-state index in [1.807, 2.05) is 74.5 Å². The van der Waals surface area contributed by atoms with E-state index in [1.54, 1.807) is 12.1 Å². The van der Waals surface area contributed by atoms with E-state index in [-0.39, 0.29) is 23.0 Å². The number of rotatable bonds is 10. The normalized spacial score (nSPS) is 12.4. The second-order valence-corrected chi connectivity index (χ2v) is 10.2. The van der Waals surface area contributed by atoms with Crippen LogP contribution in [0.3, 0.4) is 0 Å². The molecule has 0 radical (unpaired) electrons. The van der Waals surface area contributed by atoms with E-state index in [1.165, 1.54) is 7.11 Å². The van der Waals surface area contributed by atoms with Crippen LogP contribution in [0.5, 0.6) is 5.75 Å². The Kier molecular flexibility index (Phi) is 8.47. The van der Waals surface area contributed by atoms with Gasteiger partial charge in [0.1, 0.15) is 16.7 Å². The molecule has 0 aliphatic rings. The Hall–Kier alpha value is -3.16. The number of anilines is 1. The zero-order valence-corrected chi connectivity index (χ0v) is 20.9. The van der Waals surface area contributed by atoms with Crippen molar-refractivity contribution < 1.29 is 17.9 Å². The monoisotopic (exact) mass is 480 g/mol. The second kappa shape index (κ2) is 11.3. The number of ether oxygens (including phenoxy) is 1. The van der Waals surface area contributed by atoms with Crippen LogP contribution in [0.4, 0.5) is 5.69 Å². The fourth-order valence-electron chi connectivity index (χ4n) is 3.60. The van der Waals surface area contributed by atoms with Crippen LogP contribution in [0, 0.1) is 0 Å². The van der Waals surface area contributed by atoms with Crippen molar-refractivity contribution >= 4 is 21.6 Å². The van der Waals surface area contributed by atoms with Gasteiger partial charge in [0.2, 0.25) is 15.9 Å². The Balaban J connectivity index is 1.92. The smallest absolute Gasteiger partial charge is 0.245 e. The zero-order valence-electron chi connectivity index (χ0n) is 20.0. The van der Waals surface area contributed by atoms with Crippen molar-refractivity contribution in [2.45, 2.75) is 50.5 Å². The van der Waals surface area contributed by atoms with E-state index < -0.39 is 22.0 Å². The number of benzene rings is 3. The molecule has 0 aromatic heterocycles. The van der Waals surface area contributed by atoms with Gasteiger partial charge in [-0.15, -0.1) is 0 Å². The lowest BCUT2D eigenvalue weighted by atomic mass is 10.0. The van der Waals surface area contributed by atoms with E-state index >= 15 is 0 Å². The summed E-state index contributed by atoms with van der Waals surface area (Å²) in [4.78, 5) is 13.3. The van der Waals surface area contributed by atoms with Gasteiger partial charge in [-0.05, 0) is 59.7 Å². The Labute approximate surface area is 202 Å². The van der Waals surface area contributed by atoms with Crippen LogP contribution in [0.2, 0.25) is 0 Å². The van der Waals surface area contributed by atoms with Crippen LogP contribution in [0.25, 0.3) is 0 Å². The maximum Gasteiger partial charge on any atom is 0.245 e. The summed E-state index contributed by atoms with van der Waals surface area (Å²) in [7, 11) is -2.63. The van der Waals surface area contributed by atoms with Crippen molar-refractivity contribution in [3.05, 3.63) is 89.5 Å². The molecular weight excluding hydrogens is 448 g/mol. The van der Waals surface area contributed by atoms with Crippen LogP contribution in [0.1, 0.15) is 43.4 Å². The molecule has 2 N–H and O–H groups in total. The number of amides is 1. The fraction of sp³-hybridized carbons (Fsp3) is 0.296. The molecule has 0 bridgehead atoms. The van der Waals surface area contributed by atoms with Gasteiger partial charge in [-0.25, -0.2) is 8.42 Å². The van der Waals surface area contributed by atoms with Gasteiger partial charge in [0.15, 0.2) is 0 Å². The highest BCUT2D eigenvalue weighted by Gasteiger charge is 2.29. The summed E-state index contributed by atoms with van der Waals surface area (Å²) in [5.74, 6) is -0.0732. The predicted molar refractivity (Wildman–Crippen MR) is 136 cm³/mol. The average molecular weight is 481 g/mol. The Morgan fingerprint density at radius 3 is 2.21 bits per heavy atom. The Bertz CT molecular complexity index is 1210. The highest BCUT2D eigenvalue weighted by atomic mass is 32.2. The first-order valence-electron chi connectivity index (χ1n) is 11.4. The number of nitrogens with one attached hydrogen (secondary N) is 2. The molecule has 1 amide bonds. The fourth-order valence-corrected chi connectivity index (χ4v) is 5.00. The van der Waals surface area contributed by atoms with E-state index in [4.69, 9.17) is 4.74 Å². The average Bonchev–Trinajstić information content (AvgIpc) is 2.84. The predicted octanol–water partition coefficient (Wildman–Crippen LogP) is 4.91. The summed E-state index contributed by atoms with van der Waals surface area (Å²) in [6.07, 6.45) is 1.09. The Morgan fingerprint density at radius 1 is 0.941 bits per heavy atom. The molecule has 0 aliphatic carbocycles. The van der Waals surface area contributed by atoms with Gasteiger partial charge >= 0.3 is 0 Å².